The van der Waals surface area contributed by atoms with Gasteiger partial charge in [-0.3, -0.25) is 0 Å². The van der Waals surface area contributed by atoms with Crippen LogP contribution in [0.5, 0.6) is 0 Å². The minimum absolute atomic E-state index is 0.0883. The highest BCUT2D eigenvalue weighted by Crippen LogP contribution is 2.42. The van der Waals surface area contributed by atoms with Crippen LogP contribution in [0.1, 0.15) is 169 Å². The first-order chi connectivity index (χ1) is 16.6. The molecule has 0 atom stereocenters. The second-order valence-electron chi connectivity index (χ2n) is 18.1. The van der Waals surface area contributed by atoms with Crippen molar-refractivity contribution in [1.82, 2.24) is 0 Å². The Labute approximate surface area is 238 Å². The number of rotatable bonds is 3. The highest BCUT2D eigenvalue weighted by atomic mass is 14.4. The Hall–Kier alpha value is -1.56. The van der Waals surface area contributed by atoms with Crippen LogP contribution in [0.3, 0.4) is 0 Å². The van der Waals surface area contributed by atoms with Gasteiger partial charge in [0.1, 0.15) is 0 Å². The molecule has 0 amide bonds. The van der Waals surface area contributed by atoms with Gasteiger partial charge < -0.3 is 0 Å². The Morgan fingerprint density at radius 1 is 0.342 bits per heavy atom. The summed E-state index contributed by atoms with van der Waals surface area (Å²) in [5.41, 5.74) is 12.7. The van der Waals surface area contributed by atoms with Crippen LogP contribution in [0.2, 0.25) is 0 Å². The zero-order chi connectivity index (χ0) is 29.9. The Bertz CT molecular complexity index is 1030. The second kappa shape index (κ2) is 10.1. The van der Waals surface area contributed by atoms with Gasteiger partial charge in [0.15, 0.2) is 0 Å². The minimum atomic E-state index is 0.0883. The summed E-state index contributed by atoms with van der Waals surface area (Å²) >= 11 is 0. The van der Waals surface area contributed by atoms with E-state index in [1.807, 2.05) is 0 Å². The SMILES string of the molecule is CC(C)(C)c1cc(CCc2cc(C(C)(C)C)cc(C(C)(C)C)c2C(C)(C)C)c(C(C)(C)C)c(C(C)(C)C)c1. The fourth-order valence-corrected chi connectivity index (χ4v) is 5.89. The molecule has 0 N–H and O–H groups in total. The molecule has 0 saturated carbocycles. The summed E-state index contributed by atoms with van der Waals surface area (Å²) in [4.78, 5) is 0. The number of benzene rings is 2. The molecule has 0 bridgehead atoms. The molecule has 2 aromatic rings. The van der Waals surface area contributed by atoms with Crippen LogP contribution in [0.4, 0.5) is 0 Å². The normalized spacial score (nSPS) is 14.3. The lowest BCUT2D eigenvalue weighted by Gasteiger charge is -2.36. The van der Waals surface area contributed by atoms with Crippen LogP contribution < -0.4 is 0 Å². The highest BCUT2D eigenvalue weighted by molar-refractivity contribution is 5.51. The summed E-state index contributed by atoms with van der Waals surface area (Å²) in [6, 6.07) is 10.1. The van der Waals surface area contributed by atoms with Gasteiger partial charge >= 0.3 is 0 Å². The van der Waals surface area contributed by atoms with Crippen molar-refractivity contribution in [2.45, 2.75) is 170 Å². The predicted molar refractivity (Wildman–Crippen MR) is 172 cm³/mol. The molecule has 2 aromatic carbocycles. The monoisotopic (exact) mass is 518 g/mol. The van der Waals surface area contributed by atoms with Gasteiger partial charge in [-0.15, -0.1) is 0 Å². The van der Waals surface area contributed by atoms with Crippen molar-refractivity contribution in [2.24, 2.45) is 0 Å². The molecular weight excluding hydrogens is 456 g/mol. The van der Waals surface area contributed by atoms with E-state index >= 15 is 0 Å². The molecule has 0 spiro atoms. The van der Waals surface area contributed by atoms with E-state index in [0.29, 0.717) is 0 Å². The molecule has 0 nitrogen and oxygen atoms in total. The molecule has 38 heavy (non-hydrogen) atoms. The summed E-state index contributed by atoms with van der Waals surface area (Å²) in [7, 11) is 0. The summed E-state index contributed by atoms with van der Waals surface area (Å²) in [6.07, 6.45) is 2.14. The predicted octanol–water partition coefficient (Wildman–Crippen LogP) is 11.3. The van der Waals surface area contributed by atoms with E-state index in [-0.39, 0.29) is 32.5 Å². The maximum atomic E-state index is 2.55. The van der Waals surface area contributed by atoms with Crippen molar-refractivity contribution in [3.63, 3.8) is 0 Å². The molecule has 0 aliphatic heterocycles. The van der Waals surface area contributed by atoms with Gasteiger partial charge in [-0.25, -0.2) is 0 Å². The van der Waals surface area contributed by atoms with E-state index in [0.717, 1.165) is 12.8 Å². The Morgan fingerprint density at radius 2 is 0.605 bits per heavy atom. The van der Waals surface area contributed by atoms with E-state index in [2.05, 4.69) is 149 Å². The Morgan fingerprint density at radius 3 is 0.789 bits per heavy atom. The van der Waals surface area contributed by atoms with Gasteiger partial charge in [-0.05, 0) is 89.8 Å². The lowest BCUT2D eigenvalue weighted by atomic mass is 9.68. The molecule has 0 aliphatic carbocycles. The molecule has 0 aliphatic rings. The Kier molecular flexibility index (Phi) is 8.70. The summed E-state index contributed by atoms with van der Waals surface area (Å²) in [6.45, 7) is 42.8. The van der Waals surface area contributed by atoms with E-state index in [9.17, 15) is 0 Å². The number of hydrogen-bond donors (Lipinski definition) is 0. The molecular formula is C38H62. The molecule has 0 heterocycles. The fourth-order valence-electron chi connectivity index (χ4n) is 5.89. The lowest BCUT2D eigenvalue weighted by Crippen LogP contribution is -2.27. The average Bonchev–Trinajstić information content (AvgIpc) is 2.66. The highest BCUT2D eigenvalue weighted by Gasteiger charge is 2.32. The first-order valence-corrected chi connectivity index (χ1v) is 15.0. The van der Waals surface area contributed by atoms with E-state index < -0.39 is 0 Å². The first-order valence-electron chi connectivity index (χ1n) is 15.0. The molecule has 214 valence electrons. The van der Waals surface area contributed by atoms with Crippen LogP contribution in [-0.2, 0) is 45.3 Å². The van der Waals surface area contributed by atoms with Crippen molar-refractivity contribution < 1.29 is 0 Å². The molecule has 2 rings (SSSR count). The van der Waals surface area contributed by atoms with Crippen LogP contribution in [0.25, 0.3) is 0 Å². The fraction of sp³-hybridized carbons (Fsp3) is 0.684. The van der Waals surface area contributed by atoms with Crippen LogP contribution >= 0.6 is 0 Å². The van der Waals surface area contributed by atoms with E-state index in [1.54, 1.807) is 11.1 Å². The molecule has 0 fully saturated rings. The molecule has 0 saturated heterocycles. The van der Waals surface area contributed by atoms with Crippen molar-refractivity contribution in [3.05, 3.63) is 68.8 Å². The van der Waals surface area contributed by atoms with Crippen molar-refractivity contribution >= 4 is 0 Å². The van der Waals surface area contributed by atoms with Gasteiger partial charge in [0.25, 0.3) is 0 Å². The zero-order valence-corrected chi connectivity index (χ0v) is 28.7. The Balaban J connectivity index is 2.89. The summed E-state index contributed by atoms with van der Waals surface area (Å²) in [5, 5.41) is 0. The molecule has 0 heteroatoms. The van der Waals surface area contributed by atoms with Crippen molar-refractivity contribution in [2.75, 3.05) is 0 Å². The number of aryl methyl sites for hydroxylation is 2. The maximum absolute atomic E-state index is 2.55. The quantitative estimate of drug-likeness (QED) is 0.379. The van der Waals surface area contributed by atoms with E-state index in [1.165, 1.54) is 33.4 Å². The standard InChI is InChI=1S/C38H62/c1-33(2,3)27-21-25(31(37(13,14)15)29(23-27)35(7,8)9)19-20-26-22-28(34(4,5)6)24-30(36(10,11)12)32(26)38(16,17)18/h21-24H,19-20H2,1-18H3. The smallest absolute Gasteiger partial charge is 0.0126 e. The molecule has 0 unspecified atom stereocenters. The average molecular weight is 519 g/mol. The summed E-state index contributed by atoms with van der Waals surface area (Å²) < 4.78 is 0. The number of hydrogen-bond acceptors (Lipinski definition) is 0. The third-order valence-corrected chi connectivity index (χ3v) is 7.95. The van der Waals surface area contributed by atoms with Gasteiger partial charge in [0, 0.05) is 0 Å². The van der Waals surface area contributed by atoms with Gasteiger partial charge in [0.05, 0.1) is 0 Å². The molecule has 0 radical (unpaired) electrons. The summed E-state index contributed by atoms with van der Waals surface area (Å²) in [5.74, 6) is 0. The minimum Gasteiger partial charge on any atom is -0.0561 e. The van der Waals surface area contributed by atoms with Crippen LogP contribution in [-0.4, -0.2) is 0 Å². The van der Waals surface area contributed by atoms with E-state index in [4.69, 9.17) is 0 Å². The van der Waals surface area contributed by atoms with Crippen molar-refractivity contribution in [3.8, 4) is 0 Å². The maximum Gasteiger partial charge on any atom is -0.0126 e. The largest absolute Gasteiger partial charge is 0.0561 e. The topological polar surface area (TPSA) is 0 Å². The molecule has 0 aromatic heterocycles. The van der Waals surface area contributed by atoms with Crippen LogP contribution in [0.15, 0.2) is 24.3 Å². The second-order valence-corrected chi connectivity index (χ2v) is 18.1. The van der Waals surface area contributed by atoms with Gasteiger partial charge in [-0.1, -0.05) is 149 Å². The van der Waals surface area contributed by atoms with Crippen LogP contribution in [0, 0.1) is 0 Å². The van der Waals surface area contributed by atoms with Crippen molar-refractivity contribution in [1.29, 1.82) is 0 Å². The van der Waals surface area contributed by atoms with Gasteiger partial charge in [-0.2, -0.15) is 0 Å². The first kappa shape index (κ1) is 32.7. The zero-order valence-electron chi connectivity index (χ0n) is 28.7. The lowest BCUT2D eigenvalue weighted by molar-refractivity contribution is 0.512. The van der Waals surface area contributed by atoms with Gasteiger partial charge in [0.2, 0.25) is 0 Å². The third-order valence-electron chi connectivity index (χ3n) is 7.95. The third kappa shape index (κ3) is 7.55.